The molecule has 1 fully saturated rings. The molecule has 21 heavy (non-hydrogen) atoms. The van der Waals surface area contributed by atoms with Gasteiger partial charge in [-0.05, 0) is 43.5 Å². The highest BCUT2D eigenvalue weighted by Crippen LogP contribution is 2.18. The zero-order valence-corrected chi connectivity index (χ0v) is 13.0. The normalized spacial score (nSPS) is 18.1. The first-order valence-corrected chi connectivity index (χ1v) is 9.06. The van der Waals surface area contributed by atoms with Crippen LogP contribution in [0, 0.1) is 0 Å². The van der Waals surface area contributed by atoms with Crippen LogP contribution in [-0.4, -0.2) is 38.5 Å². The molecular weight excluding hydrogens is 290 g/mol. The summed E-state index contributed by atoms with van der Waals surface area (Å²) in [5.41, 5.74) is 1.42. The van der Waals surface area contributed by atoms with Crippen LogP contribution in [0.1, 0.15) is 36.5 Å². The second-order valence-electron chi connectivity index (χ2n) is 5.28. The van der Waals surface area contributed by atoms with Crippen molar-refractivity contribution >= 4 is 21.5 Å². The summed E-state index contributed by atoms with van der Waals surface area (Å²) in [4.78, 5) is 11.7. The van der Waals surface area contributed by atoms with E-state index in [1.807, 2.05) is 19.1 Å². The molecule has 0 spiro atoms. The number of hydrogen-bond acceptors (Lipinski definition) is 5. The van der Waals surface area contributed by atoms with Gasteiger partial charge < -0.3 is 10.1 Å². The van der Waals surface area contributed by atoms with Crippen molar-refractivity contribution in [3.05, 3.63) is 29.8 Å². The molecule has 1 aromatic carbocycles. The maximum absolute atomic E-state index is 11.7. The number of hydrogen-bond donors (Lipinski definition) is 1. The Hall–Kier alpha value is -1.56. The van der Waals surface area contributed by atoms with E-state index in [9.17, 15) is 13.2 Å². The van der Waals surface area contributed by atoms with Gasteiger partial charge in [0.2, 0.25) is 0 Å². The molecule has 0 atom stereocenters. The quantitative estimate of drug-likeness (QED) is 0.844. The van der Waals surface area contributed by atoms with Gasteiger partial charge in [-0.15, -0.1) is 0 Å². The van der Waals surface area contributed by atoms with Gasteiger partial charge in [0.25, 0.3) is 0 Å². The third kappa shape index (κ3) is 4.74. The molecule has 0 bridgehead atoms. The smallest absolute Gasteiger partial charge is 0.338 e. The highest BCUT2D eigenvalue weighted by atomic mass is 32.2. The van der Waals surface area contributed by atoms with E-state index in [2.05, 4.69) is 5.32 Å². The van der Waals surface area contributed by atoms with Crippen LogP contribution < -0.4 is 5.32 Å². The van der Waals surface area contributed by atoms with Crippen molar-refractivity contribution in [2.24, 2.45) is 0 Å². The van der Waals surface area contributed by atoms with Crippen molar-refractivity contribution in [1.82, 2.24) is 0 Å². The SMILES string of the molecule is CCCOC(=O)c1ccc(NC2CCS(=O)(=O)CC2)cc1. The van der Waals surface area contributed by atoms with Crippen molar-refractivity contribution < 1.29 is 17.9 Å². The van der Waals surface area contributed by atoms with Crippen LogP contribution in [-0.2, 0) is 14.6 Å². The van der Waals surface area contributed by atoms with Crippen molar-refractivity contribution in [3.8, 4) is 0 Å². The maximum atomic E-state index is 11.7. The molecule has 0 unspecified atom stereocenters. The summed E-state index contributed by atoms with van der Waals surface area (Å²) in [6.07, 6.45) is 2.06. The number of nitrogens with one attached hydrogen (secondary N) is 1. The Kier molecular flexibility index (Phi) is 5.22. The first kappa shape index (κ1) is 15.8. The molecule has 116 valence electrons. The molecule has 2 rings (SSSR count). The highest BCUT2D eigenvalue weighted by molar-refractivity contribution is 7.91. The monoisotopic (exact) mass is 311 g/mol. The van der Waals surface area contributed by atoms with Gasteiger partial charge in [0.15, 0.2) is 0 Å². The Bertz CT molecular complexity index is 566. The lowest BCUT2D eigenvalue weighted by atomic mass is 10.1. The van der Waals surface area contributed by atoms with Gasteiger partial charge in [-0.25, -0.2) is 13.2 Å². The van der Waals surface area contributed by atoms with Gasteiger partial charge in [-0.2, -0.15) is 0 Å². The van der Waals surface area contributed by atoms with E-state index < -0.39 is 9.84 Å². The van der Waals surface area contributed by atoms with Crippen LogP contribution in [0.4, 0.5) is 5.69 Å². The summed E-state index contributed by atoms with van der Waals surface area (Å²) < 4.78 is 27.8. The second-order valence-corrected chi connectivity index (χ2v) is 7.59. The third-order valence-corrected chi connectivity index (χ3v) is 5.20. The molecule has 0 radical (unpaired) electrons. The van der Waals surface area contributed by atoms with Crippen molar-refractivity contribution in [3.63, 3.8) is 0 Å². The fourth-order valence-corrected chi connectivity index (χ4v) is 3.74. The molecule has 0 amide bonds. The lowest BCUT2D eigenvalue weighted by Crippen LogP contribution is -2.32. The van der Waals surface area contributed by atoms with E-state index in [-0.39, 0.29) is 23.5 Å². The minimum atomic E-state index is -2.84. The number of rotatable bonds is 5. The van der Waals surface area contributed by atoms with E-state index in [1.165, 1.54) is 0 Å². The standard InChI is InChI=1S/C15H21NO4S/c1-2-9-20-15(17)12-3-5-13(6-4-12)16-14-7-10-21(18,19)11-8-14/h3-6,14,16H,2,7-11H2,1H3. The van der Waals surface area contributed by atoms with Crippen LogP contribution >= 0.6 is 0 Å². The lowest BCUT2D eigenvalue weighted by molar-refractivity contribution is 0.0505. The van der Waals surface area contributed by atoms with Crippen LogP contribution in [0.5, 0.6) is 0 Å². The Morgan fingerprint density at radius 3 is 2.43 bits per heavy atom. The van der Waals surface area contributed by atoms with E-state index in [1.54, 1.807) is 12.1 Å². The van der Waals surface area contributed by atoms with E-state index >= 15 is 0 Å². The first-order chi connectivity index (χ1) is 10.00. The van der Waals surface area contributed by atoms with Crippen LogP contribution in [0.25, 0.3) is 0 Å². The fraction of sp³-hybridized carbons (Fsp3) is 0.533. The third-order valence-electron chi connectivity index (χ3n) is 3.48. The average Bonchev–Trinajstić information content (AvgIpc) is 2.48. The molecule has 0 aliphatic carbocycles. The van der Waals surface area contributed by atoms with E-state index in [4.69, 9.17) is 4.74 Å². The van der Waals surface area contributed by atoms with Gasteiger partial charge in [0, 0.05) is 11.7 Å². The molecule has 1 saturated heterocycles. The number of anilines is 1. The first-order valence-electron chi connectivity index (χ1n) is 7.24. The predicted molar refractivity (Wildman–Crippen MR) is 82.3 cm³/mol. The number of carbonyl (C=O) groups is 1. The molecule has 1 aromatic rings. The molecule has 0 saturated carbocycles. The molecule has 0 aromatic heterocycles. The highest BCUT2D eigenvalue weighted by Gasteiger charge is 2.23. The summed E-state index contributed by atoms with van der Waals surface area (Å²) in [5, 5.41) is 3.31. The van der Waals surface area contributed by atoms with Gasteiger partial charge in [0.1, 0.15) is 9.84 Å². The Morgan fingerprint density at radius 2 is 1.86 bits per heavy atom. The van der Waals surface area contributed by atoms with Gasteiger partial charge in [-0.1, -0.05) is 6.92 Å². The topological polar surface area (TPSA) is 72.5 Å². The summed E-state index contributed by atoms with van der Waals surface area (Å²) in [7, 11) is -2.84. The maximum Gasteiger partial charge on any atom is 0.338 e. The Balaban J connectivity index is 1.89. The minimum Gasteiger partial charge on any atom is -0.462 e. The number of benzene rings is 1. The molecule has 6 heteroatoms. The van der Waals surface area contributed by atoms with Gasteiger partial charge in [-0.3, -0.25) is 0 Å². The van der Waals surface area contributed by atoms with Crippen LogP contribution in [0.15, 0.2) is 24.3 Å². The summed E-state index contributed by atoms with van der Waals surface area (Å²) in [6, 6.07) is 7.27. The summed E-state index contributed by atoms with van der Waals surface area (Å²) in [5.74, 6) is 0.171. The molecular formula is C15H21NO4S. The second kappa shape index (κ2) is 6.93. The summed E-state index contributed by atoms with van der Waals surface area (Å²) in [6.45, 7) is 2.38. The summed E-state index contributed by atoms with van der Waals surface area (Å²) >= 11 is 0. The predicted octanol–water partition coefficient (Wildman–Crippen LogP) is 2.24. The Morgan fingerprint density at radius 1 is 1.24 bits per heavy atom. The van der Waals surface area contributed by atoms with Crippen molar-refractivity contribution in [2.75, 3.05) is 23.4 Å². The minimum absolute atomic E-state index is 0.173. The largest absolute Gasteiger partial charge is 0.462 e. The number of carbonyl (C=O) groups excluding carboxylic acids is 1. The average molecular weight is 311 g/mol. The molecule has 1 N–H and O–H groups in total. The number of ether oxygens (including phenoxy) is 1. The fourth-order valence-electron chi connectivity index (χ4n) is 2.25. The van der Waals surface area contributed by atoms with Crippen molar-refractivity contribution in [1.29, 1.82) is 0 Å². The van der Waals surface area contributed by atoms with Crippen molar-refractivity contribution in [2.45, 2.75) is 32.2 Å². The molecule has 1 aliphatic heterocycles. The van der Waals surface area contributed by atoms with E-state index in [0.717, 1.165) is 12.1 Å². The van der Waals surface area contributed by atoms with Gasteiger partial charge >= 0.3 is 5.97 Å². The molecule has 1 aliphatic rings. The van der Waals surface area contributed by atoms with Crippen LogP contribution in [0.2, 0.25) is 0 Å². The van der Waals surface area contributed by atoms with Crippen LogP contribution in [0.3, 0.4) is 0 Å². The Labute approximate surface area is 125 Å². The number of sulfone groups is 1. The zero-order valence-electron chi connectivity index (χ0n) is 12.2. The van der Waals surface area contributed by atoms with E-state index in [0.29, 0.717) is 25.0 Å². The molecule has 5 nitrogen and oxygen atoms in total. The van der Waals surface area contributed by atoms with Gasteiger partial charge in [0.05, 0.1) is 23.7 Å². The lowest BCUT2D eigenvalue weighted by Gasteiger charge is -2.24. The zero-order chi connectivity index (χ0) is 15.3. The number of esters is 1. The molecule has 1 heterocycles.